The lowest BCUT2D eigenvalue weighted by Gasteiger charge is -2.18. The molecule has 0 fully saturated rings. The van der Waals surface area contributed by atoms with Crippen LogP contribution in [0.4, 0.5) is 4.79 Å². The van der Waals surface area contributed by atoms with Gasteiger partial charge < -0.3 is 24.3 Å². The number of hydrogen-bond donors (Lipinski definition) is 2. The van der Waals surface area contributed by atoms with E-state index in [1.807, 2.05) is 13.8 Å². The summed E-state index contributed by atoms with van der Waals surface area (Å²) in [6, 6.07) is 0. The van der Waals surface area contributed by atoms with E-state index in [2.05, 4.69) is 16.1 Å². The van der Waals surface area contributed by atoms with E-state index in [1.54, 1.807) is 6.92 Å². The Balaban J connectivity index is 4.00. The number of alkyl carbamates (subject to hydrolysis) is 1. The van der Waals surface area contributed by atoms with Crippen molar-refractivity contribution in [2.75, 3.05) is 46.2 Å². The van der Waals surface area contributed by atoms with Crippen LogP contribution in [0, 0.1) is 5.92 Å². The zero-order valence-corrected chi connectivity index (χ0v) is 17.5. The number of hydrogen-bond acceptors (Lipinski definition) is 8. The molecule has 3 atom stereocenters. The lowest BCUT2D eigenvalue weighted by atomic mass is 10.1. The molecule has 11 heteroatoms. The predicted molar refractivity (Wildman–Crippen MR) is 102 cm³/mol. The van der Waals surface area contributed by atoms with E-state index in [0.717, 1.165) is 6.42 Å². The molecule has 0 aliphatic carbocycles. The van der Waals surface area contributed by atoms with E-state index in [9.17, 15) is 13.8 Å². The minimum absolute atomic E-state index is 0.0412. The average molecular weight is 426 g/mol. The second-order valence-corrected chi connectivity index (χ2v) is 6.71. The minimum Gasteiger partial charge on any atom is -0.460 e. The summed E-state index contributed by atoms with van der Waals surface area (Å²) in [6.45, 7) is 9.90. The molecule has 0 aliphatic heterocycles. The highest BCUT2D eigenvalue weighted by Crippen LogP contribution is 2.03. The normalized spacial score (nSPS) is 14.0. The molecule has 0 aromatic carbocycles. The molecule has 10 nitrogen and oxygen atoms in total. The summed E-state index contributed by atoms with van der Waals surface area (Å²) in [6.07, 6.45) is -0.625. The fourth-order valence-corrected chi connectivity index (χ4v) is 1.87. The Kier molecular flexibility index (Phi) is 15.5. The van der Waals surface area contributed by atoms with E-state index in [4.69, 9.17) is 23.5 Å². The van der Waals surface area contributed by atoms with Gasteiger partial charge in [0.25, 0.3) is 0 Å². The molecule has 2 N–H and O–H groups in total. The van der Waals surface area contributed by atoms with Crippen molar-refractivity contribution < 1.29 is 41.5 Å². The Bertz CT molecular complexity index is 501. The maximum absolute atomic E-state index is 11.8. The molecule has 0 saturated heterocycles. The van der Waals surface area contributed by atoms with Crippen molar-refractivity contribution in [1.29, 1.82) is 0 Å². The van der Waals surface area contributed by atoms with Crippen LogP contribution in [0.2, 0.25) is 0 Å². The van der Waals surface area contributed by atoms with E-state index in [1.165, 1.54) is 0 Å². The molecule has 0 spiro atoms. The van der Waals surface area contributed by atoms with Crippen molar-refractivity contribution in [1.82, 2.24) is 5.32 Å². The second-order valence-electron chi connectivity index (χ2n) is 6.04. The van der Waals surface area contributed by atoms with Crippen LogP contribution in [0.3, 0.4) is 0 Å². The zero-order chi connectivity index (χ0) is 21.4. The van der Waals surface area contributed by atoms with Crippen molar-refractivity contribution in [2.24, 2.45) is 5.92 Å². The Morgan fingerprint density at radius 2 is 1.86 bits per heavy atom. The first-order valence-electron chi connectivity index (χ1n) is 8.92. The van der Waals surface area contributed by atoms with Crippen molar-refractivity contribution in [3.8, 4) is 0 Å². The van der Waals surface area contributed by atoms with Crippen LogP contribution in [0.5, 0.6) is 0 Å². The van der Waals surface area contributed by atoms with Gasteiger partial charge in [0.1, 0.15) is 13.2 Å². The largest absolute Gasteiger partial charge is 0.460 e. The summed E-state index contributed by atoms with van der Waals surface area (Å²) in [5, 5.41) is 2.47. The number of esters is 1. The molecule has 0 aliphatic rings. The van der Waals surface area contributed by atoms with Gasteiger partial charge in [0.2, 0.25) is 0 Å². The molecular formula is C17H31NO9S. The van der Waals surface area contributed by atoms with Crippen molar-refractivity contribution in [3.63, 3.8) is 0 Å². The summed E-state index contributed by atoms with van der Waals surface area (Å²) in [5.74, 6) is -0.146. The highest BCUT2D eigenvalue weighted by Gasteiger charge is 2.17. The predicted octanol–water partition coefficient (Wildman–Crippen LogP) is 1.43. The van der Waals surface area contributed by atoms with Crippen LogP contribution in [-0.4, -0.2) is 73.1 Å². The Hall–Kier alpha value is -1.53. The number of rotatable bonds is 16. The molecule has 0 aromatic rings. The maximum atomic E-state index is 11.8. The minimum atomic E-state index is -2.46. The van der Waals surface area contributed by atoms with Crippen LogP contribution < -0.4 is 5.32 Å². The smallest absolute Gasteiger partial charge is 0.407 e. The number of nitrogens with one attached hydrogen (secondary N) is 1. The molecular weight excluding hydrogens is 394 g/mol. The van der Waals surface area contributed by atoms with Gasteiger partial charge >= 0.3 is 23.4 Å². The van der Waals surface area contributed by atoms with Crippen molar-refractivity contribution in [3.05, 3.63) is 12.2 Å². The van der Waals surface area contributed by atoms with Gasteiger partial charge in [0.15, 0.2) is 6.10 Å². The van der Waals surface area contributed by atoms with Gasteiger partial charge in [-0.15, -0.1) is 0 Å². The highest BCUT2D eigenvalue weighted by atomic mass is 32.2. The highest BCUT2D eigenvalue weighted by molar-refractivity contribution is 7.74. The summed E-state index contributed by atoms with van der Waals surface area (Å²) >= 11 is -2.46. The topological polar surface area (TPSA) is 130 Å². The summed E-state index contributed by atoms with van der Waals surface area (Å²) < 4.78 is 44.5. The first kappa shape index (κ1) is 26.5. The van der Waals surface area contributed by atoms with Crippen molar-refractivity contribution >= 4 is 23.4 Å². The third kappa shape index (κ3) is 15.5. The molecule has 1 amide bonds. The SMILES string of the molecule is C=C(C)C(=O)OCCOCCNC(=O)OC(COCC(C)CC)COS(=O)O. The lowest BCUT2D eigenvalue weighted by molar-refractivity contribution is -0.140. The molecule has 0 radical (unpaired) electrons. The molecule has 164 valence electrons. The van der Waals surface area contributed by atoms with Gasteiger partial charge in [0.05, 0.1) is 19.8 Å². The molecule has 0 aromatic heterocycles. The third-order valence-electron chi connectivity index (χ3n) is 3.36. The van der Waals surface area contributed by atoms with Crippen LogP contribution in [0.1, 0.15) is 27.2 Å². The average Bonchev–Trinajstić information content (AvgIpc) is 2.64. The summed E-state index contributed by atoms with van der Waals surface area (Å²) in [4.78, 5) is 22.9. The van der Waals surface area contributed by atoms with E-state index in [-0.39, 0.29) is 39.6 Å². The number of carbonyl (C=O) groups excluding carboxylic acids is 2. The molecule has 3 unspecified atom stereocenters. The van der Waals surface area contributed by atoms with E-state index >= 15 is 0 Å². The fraction of sp³-hybridized carbons (Fsp3) is 0.765. The fourth-order valence-electron chi connectivity index (χ4n) is 1.61. The van der Waals surface area contributed by atoms with Crippen LogP contribution in [-0.2, 0) is 39.3 Å². The van der Waals surface area contributed by atoms with Gasteiger partial charge in [-0.05, 0) is 12.8 Å². The Morgan fingerprint density at radius 3 is 2.46 bits per heavy atom. The van der Waals surface area contributed by atoms with Gasteiger partial charge in [-0.2, -0.15) is 4.21 Å². The van der Waals surface area contributed by atoms with E-state index in [0.29, 0.717) is 18.1 Å². The van der Waals surface area contributed by atoms with Crippen LogP contribution in [0.15, 0.2) is 12.2 Å². The van der Waals surface area contributed by atoms with Gasteiger partial charge in [-0.3, -0.25) is 8.74 Å². The van der Waals surface area contributed by atoms with Crippen LogP contribution in [0.25, 0.3) is 0 Å². The summed E-state index contributed by atoms with van der Waals surface area (Å²) in [5.41, 5.74) is 0.307. The maximum Gasteiger partial charge on any atom is 0.407 e. The molecule has 28 heavy (non-hydrogen) atoms. The summed E-state index contributed by atoms with van der Waals surface area (Å²) in [7, 11) is 0. The van der Waals surface area contributed by atoms with Crippen LogP contribution >= 0.6 is 0 Å². The number of amides is 1. The first-order valence-corrected chi connectivity index (χ1v) is 9.96. The van der Waals surface area contributed by atoms with E-state index < -0.39 is 29.5 Å². The monoisotopic (exact) mass is 425 g/mol. The molecule has 0 heterocycles. The second kappa shape index (κ2) is 16.4. The Labute approximate surface area is 168 Å². The van der Waals surface area contributed by atoms with Gasteiger partial charge in [0, 0.05) is 18.7 Å². The Morgan fingerprint density at radius 1 is 1.14 bits per heavy atom. The van der Waals surface area contributed by atoms with Crippen molar-refractivity contribution in [2.45, 2.75) is 33.3 Å². The molecule has 0 bridgehead atoms. The zero-order valence-electron chi connectivity index (χ0n) is 16.6. The lowest BCUT2D eigenvalue weighted by Crippen LogP contribution is -2.36. The molecule has 0 rings (SSSR count). The third-order valence-corrected chi connectivity index (χ3v) is 3.69. The standard InChI is InChI=1S/C17H31NO9S/c1-5-14(4)10-24-11-15(12-26-28(21)22)27-17(20)18-6-7-23-8-9-25-16(19)13(2)3/h14-15H,2,5-12H2,1,3-4H3,(H,18,20)(H,21,22). The first-order chi connectivity index (χ1) is 13.3. The molecule has 0 saturated carbocycles. The number of carbonyl (C=O) groups is 2. The quantitative estimate of drug-likeness (QED) is 0.163. The van der Waals surface area contributed by atoms with Gasteiger partial charge in [-0.25, -0.2) is 9.59 Å². The number of ether oxygens (including phenoxy) is 4. The van der Waals surface area contributed by atoms with Gasteiger partial charge in [-0.1, -0.05) is 26.8 Å².